The number of thiazole rings is 1. The van der Waals surface area contributed by atoms with Gasteiger partial charge in [0.05, 0.1) is 16.5 Å². The summed E-state index contributed by atoms with van der Waals surface area (Å²) in [7, 11) is 0. The van der Waals surface area contributed by atoms with E-state index in [1.54, 1.807) is 34.2 Å². The van der Waals surface area contributed by atoms with Crippen LogP contribution in [0, 0.1) is 5.82 Å². The molecule has 37 heavy (non-hydrogen) atoms. The van der Waals surface area contributed by atoms with Crippen LogP contribution in [0.2, 0.25) is 5.02 Å². The largest absolute Gasteiger partial charge is 0.350 e. The number of carbonyl (C=O) groups excluding carboxylic acids is 1. The van der Waals surface area contributed by atoms with Crippen LogP contribution < -0.4 is 5.32 Å². The molecule has 0 aliphatic rings. The number of para-hydroxylation sites is 1. The van der Waals surface area contributed by atoms with E-state index in [0.29, 0.717) is 45.2 Å². The van der Waals surface area contributed by atoms with E-state index >= 15 is 0 Å². The van der Waals surface area contributed by atoms with Crippen LogP contribution in [0.15, 0.2) is 89.4 Å². The first-order valence-electron chi connectivity index (χ1n) is 11.4. The summed E-state index contributed by atoms with van der Waals surface area (Å²) < 4.78 is 16.5. The standard InChI is InChI=1S/C27H21ClFN5OS2/c28-20-11-5-4-10-19(20)25-32-33-27(34(25)23-13-7-6-12-21(23)29)37-17-24-31-22(16-36-24)26(35)30-15-14-18-8-2-1-3-9-18/h1-13,16H,14-15,17H2,(H,30,35). The predicted octanol–water partition coefficient (Wildman–Crippen LogP) is 6.45. The van der Waals surface area contributed by atoms with Crippen molar-refractivity contribution in [1.82, 2.24) is 25.1 Å². The summed E-state index contributed by atoms with van der Waals surface area (Å²) >= 11 is 9.17. The molecule has 0 bridgehead atoms. The molecule has 0 saturated heterocycles. The summed E-state index contributed by atoms with van der Waals surface area (Å²) in [6, 6.07) is 23.7. The summed E-state index contributed by atoms with van der Waals surface area (Å²) in [5.41, 5.74) is 2.51. The molecule has 2 heterocycles. The first kappa shape index (κ1) is 25.1. The molecule has 0 unspecified atom stereocenters. The molecule has 6 nitrogen and oxygen atoms in total. The van der Waals surface area contributed by atoms with Crippen molar-refractivity contribution in [3.05, 3.63) is 111 Å². The highest BCUT2D eigenvalue weighted by molar-refractivity contribution is 7.98. The van der Waals surface area contributed by atoms with E-state index in [0.717, 1.165) is 17.0 Å². The lowest BCUT2D eigenvalue weighted by Crippen LogP contribution is -2.26. The molecule has 2 aromatic heterocycles. The zero-order chi connectivity index (χ0) is 25.6. The number of thioether (sulfide) groups is 1. The molecule has 1 amide bonds. The smallest absolute Gasteiger partial charge is 0.270 e. The van der Waals surface area contributed by atoms with E-state index in [-0.39, 0.29) is 5.91 Å². The van der Waals surface area contributed by atoms with Crippen molar-refractivity contribution in [3.8, 4) is 17.1 Å². The number of hydrogen-bond donors (Lipinski definition) is 1. The molecule has 10 heteroatoms. The fraction of sp³-hybridized carbons (Fsp3) is 0.111. The van der Waals surface area contributed by atoms with Crippen molar-refractivity contribution >= 4 is 40.6 Å². The quantitative estimate of drug-likeness (QED) is 0.214. The molecule has 0 atom stereocenters. The van der Waals surface area contributed by atoms with E-state index in [2.05, 4.69) is 20.5 Å². The maximum atomic E-state index is 14.8. The predicted molar refractivity (Wildman–Crippen MR) is 146 cm³/mol. The van der Waals surface area contributed by atoms with Gasteiger partial charge in [-0.15, -0.1) is 21.5 Å². The number of benzene rings is 3. The van der Waals surface area contributed by atoms with Crippen LogP contribution in [0.4, 0.5) is 4.39 Å². The van der Waals surface area contributed by atoms with Crippen LogP contribution in [-0.2, 0) is 12.2 Å². The Hall–Kier alpha value is -3.53. The molecule has 0 fully saturated rings. The van der Waals surface area contributed by atoms with E-state index in [4.69, 9.17) is 11.6 Å². The van der Waals surface area contributed by atoms with Crippen LogP contribution in [0.5, 0.6) is 0 Å². The number of amides is 1. The van der Waals surface area contributed by atoms with Gasteiger partial charge in [0.2, 0.25) is 0 Å². The van der Waals surface area contributed by atoms with Crippen molar-refractivity contribution in [2.45, 2.75) is 17.3 Å². The molecule has 0 spiro atoms. The van der Waals surface area contributed by atoms with Crippen molar-refractivity contribution in [3.63, 3.8) is 0 Å². The number of aromatic nitrogens is 4. The highest BCUT2D eigenvalue weighted by Gasteiger charge is 2.21. The van der Waals surface area contributed by atoms with Gasteiger partial charge in [0.15, 0.2) is 11.0 Å². The van der Waals surface area contributed by atoms with Crippen molar-refractivity contribution < 1.29 is 9.18 Å². The fourth-order valence-electron chi connectivity index (χ4n) is 3.69. The van der Waals surface area contributed by atoms with Crippen LogP contribution in [0.25, 0.3) is 17.1 Å². The van der Waals surface area contributed by atoms with E-state index in [1.807, 2.05) is 48.5 Å². The maximum Gasteiger partial charge on any atom is 0.270 e. The number of nitrogens with one attached hydrogen (secondary N) is 1. The average Bonchev–Trinajstić information content (AvgIpc) is 3.56. The van der Waals surface area contributed by atoms with Gasteiger partial charge in [0.1, 0.15) is 16.5 Å². The van der Waals surface area contributed by atoms with Crippen molar-refractivity contribution in [1.29, 1.82) is 0 Å². The molecule has 3 aromatic carbocycles. The molecule has 5 aromatic rings. The molecule has 0 radical (unpaired) electrons. The third kappa shape index (κ3) is 5.90. The first-order valence-corrected chi connectivity index (χ1v) is 13.7. The average molecular weight is 550 g/mol. The Morgan fingerprint density at radius 3 is 2.57 bits per heavy atom. The van der Waals surface area contributed by atoms with Crippen LogP contribution >= 0.6 is 34.7 Å². The Labute approximate surface area is 226 Å². The number of rotatable bonds is 9. The maximum absolute atomic E-state index is 14.8. The van der Waals surface area contributed by atoms with Crippen molar-refractivity contribution in [2.75, 3.05) is 6.54 Å². The van der Waals surface area contributed by atoms with Gasteiger partial charge in [-0.05, 0) is 36.2 Å². The molecule has 5 rings (SSSR count). The summed E-state index contributed by atoms with van der Waals surface area (Å²) in [4.78, 5) is 17.0. The second-order valence-electron chi connectivity index (χ2n) is 7.98. The summed E-state index contributed by atoms with van der Waals surface area (Å²) in [6.07, 6.45) is 0.749. The second-order valence-corrected chi connectivity index (χ2v) is 10.3. The Balaban J connectivity index is 1.31. The van der Waals surface area contributed by atoms with Crippen LogP contribution in [-0.4, -0.2) is 32.2 Å². The summed E-state index contributed by atoms with van der Waals surface area (Å²) in [5, 5.41) is 15.0. The molecular weight excluding hydrogens is 529 g/mol. The Kier molecular flexibility index (Phi) is 7.93. The summed E-state index contributed by atoms with van der Waals surface area (Å²) in [5.74, 6) is 0.271. The molecule has 1 N–H and O–H groups in total. The minimum absolute atomic E-state index is 0.209. The number of carbonyl (C=O) groups is 1. The number of halogens is 2. The zero-order valence-corrected chi connectivity index (χ0v) is 21.9. The topological polar surface area (TPSA) is 72.7 Å². The molecule has 0 aliphatic heterocycles. The fourth-order valence-corrected chi connectivity index (χ4v) is 5.65. The third-order valence-electron chi connectivity index (χ3n) is 5.49. The molecular formula is C27H21ClFN5OS2. The van der Waals surface area contributed by atoms with Gasteiger partial charge in [-0.2, -0.15) is 0 Å². The lowest BCUT2D eigenvalue weighted by Gasteiger charge is -2.11. The lowest BCUT2D eigenvalue weighted by molar-refractivity contribution is 0.0949. The van der Waals surface area contributed by atoms with Crippen molar-refractivity contribution in [2.24, 2.45) is 0 Å². The molecule has 0 aliphatic carbocycles. The van der Waals surface area contributed by atoms with Gasteiger partial charge in [-0.25, -0.2) is 9.37 Å². The van der Waals surface area contributed by atoms with Crippen LogP contribution in [0.1, 0.15) is 21.1 Å². The second kappa shape index (κ2) is 11.7. The minimum Gasteiger partial charge on any atom is -0.350 e. The monoisotopic (exact) mass is 549 g/mol. The van der Waals surface area contributed by atoms with Gasteiger partial charge in [-0.1, -0.05) is 78.0 Å². The van der Waals surface area contributed by atoms with Gasteiger partial charge < -0.3 is 5.32 Å². The first-order chi connectivity index (χ1) is 18.1. The SMILES string of the molecule is O=C(NCCc1ccccc1)c1csc(CSc2nnc(-c3ccccc3Cl)n2-c2ccccc2F)n1. The van der Waals surface area contributed by atoms with E-state index in [9.17, 15) is 9.18 Å². The normalized spacial score (nSPS) is 11.0. The third-order valence-corrected chi connectivity index (χ3v) is 7.79. The van der Waals surface area contributed by atoms with E-state index in [1.165, 1.54) is 29.2 Å². The van der Waals surface area contributed by atoms with Gasteiger partial charge >= 0.3 is 0 Å². The molecule has 186 valence electrons. The Morgan fingerprint density at radius 1 is 1.00 bits per heavy atom. The highest BCUT2D eigenvalue weighted by atomic mass is 35.5. The zero-order valence-electron chi connectivity index (χ0n) is 19.5. The van der Waals surface area contributed by atoms with E-state index < -0.39 is 5.82 Å². The van der Waals surface area contributed by atoms with Gasteiger partial charge in [-0.3, -0.25) is 9.36 Å². The summed E-state index contributed by atoms with van der Waals surface area (Å²) in [6.45, 7) is 0.529. The molecule has 0 saturated carbocycles. The number of hydrogen-bond acceptors (Lipinski definition) is 6. The minimum atomic E-state index is -0.402. The van der Waals surface area contributed by atoms with Gasteiger partial charge in [0, 0.05) is 17.5 Å². The Bertz CT molecular complexity index is 1520. The van der Waals surface area contributed by atoms with Crippen LogP contribution in [0.3, 0.4) is 0 Å². The Morgan fingerprint density at radius 2 is 1.76 bits per heavy atom. The lowest BCUT2D eigenvalue weighted by atomic mass is 10.1. The van der Waals surface area contributed by atoms with Gasteiger partial charge in [0.25, 0.3) is 5.91 Å². The number of nitrogens with zero attached hydrogens (tertiary/aromatic N) is 4. The highest BCUT2D eigenvalue weighted by Crippen LogP contribution is 2.34.